The Hall–Kier alpha value is -2.93. The summed E-state index contributed by atoms with van der Waals surface area (Å²) < 4.78 is 17.5. The molecule has 1 aliphatic heterocycles. The summed E-state index contributed by atoms with van der Waals surface area (Å²) in [4.78, 5) is 17.2. The first-order valence-electron chi connectivity index (χ1n) is 11.6. The third-order valence-electron chi connectivity index (χ3n) is 6.92. The van der Waals surface area contributed by atoms with Crippen molar-refractivity contribution in [2.24, 2.45) is 0 Å². The molecule has 0 bridgehead atoms. The maximum atomic E-state index is 13.6. The molecule has 3 heterocycles. The molecule has 6 rings (SSSR count). The van der Waals surface area contributed by atoms with Crippen LogP contribution in [0.25, 0.3) is 22.0 Å². The van der Waals surface area contributed by atoms with Crippen molar-refractivity contribution in [1.29, 1.82) is 0 Å². The van der Waals surface area contributed by atoms with Gasteiger partial charge in [0.15, 0.2) is 11.6 Å². The average molecular weight is 474 g/mol. The van der Waals surface area contributed by atoms with Crippen LogP contribution in [0.5, 0.6) is 5.75 Å². The van der Waals surface area contributed by atoms with E-state index in [0.717, 1.165) is 44.6 Å². The van der Waals surface area contributed by atoms with E-state index in [-0.39, 0.29) is 17.3 Å². The van der Waals surface area contributed by atoms with Crippen LogP contribution in [-0.4, -0.2) is 35.9 Å². The van der Waals surface area contributed by atoms with Gasteiger partial charge in [-0.05, 0) is 71.6 Å². The van der Waals surface area contributed by atoms with E-state index in [1.54, 1.807) is 11.3 Å². The second kappa shape index (κ2) is 7.54. The van der Waals surface area contributed by atoms with Gasteiger partial charge in [-0.1, -0.05) is 26.0 Å². The van der Waals surface area contributed by atoms with Crippen molar-refractivity contribution in [2.75, 3.05) is 13.2 Å². The summed E-state index contributed by atoms with van der Waals surface area (Å²) in [7, 11) is 0. The summed E-state index contributed by atoms with van der Waals surface area (Å²) in [6, 6.07) is 14.2. The molecular formula is C28H27NO4S. The van der Waals surface area contributed by atoms with Crippen molar-refractivity contribution in [3.05, 3.63) is 75.6 Å². The summed E-state index contributed by atoms with van der Waals surface area (Å²) in [5, 5.41) is 5.19. The standard InChI is InChI=1S/C28H27NO4S/c1-27(2)22-12-18(31-13-19-14-32-28(3,4)33-19)6-8-20(22)25(30)24-21-7-5-16(17-9-10-34-15-17)11-23(21)29-26(24)27/h5-12,15,19,29H,13-14H2,1-4H3. The van der Waals surface area contributed by atoms with Crippen LogP contribution in [-0.2, 0) is 14.9 Å². The minimum absolute atomic E-state index is 0.0553. The molecule has 174 valence electrons. The highest BCUT2D eigenvalue weighted by Gasteiger charge is 2.40. The molecule has 1 atom stereocenters. The van der Waals surface area contributed by atoms with Gasteiger partial charge in [0, 0.05) is 27.6 Å². The minimum atomic E-state index is -0.576. The fraction of sp³-hybridized carbons (Fsp3) is 0.321. The summed E-state index contributed by atoms with van der Waals surface area (Å²) in [6.45, 7) is 9.04. The van der Waals surface area contributed by atoms with Gasteiger partial charge in [0.25, 0.3) is 0 Å². The topological polar surface area (TPSA) is 60.5 Å². The molecule has 2 aromatic carbocycles. The van der Waals surface area contributed by atoms with Crippen LogP contribution in [0, 0.1) is 0 Å². The van der Waals surface area contributed by atoms with Gasteiger partial charge in [-0.15, -0.1) is 0 Å². The zero-order valence-corrected chi connectivity index (χ0v) is 20.5. The largest absolute Gasteiger partial charge is 0.491 e. The third kappa shape index (κ3) is 3.40. The lowest BCUT2D eigenvalue weighted by molar-refractivity contribution is -0.141. The normalized spacial score (nSPS) is 20.4. The van der Waals surface area contributed by atoms with E-state index in [9.17, 15) is 4.79 Å². The third-order valence-corrected chi connectivity index (χ3v) is 7.60. The lowest BCUT2D eigenvalue weighted by atomic mass is 9.71. The molecule has 1 aliphatic carbocycles. The molecular weight excluding hydrogens is 446 g/mol. The number of ketones is 1. The Labute approximate surface area is 202 Å². The average Bonchev–Trinajstić information content (AvgIpc) is 3.54. The molecule has 6 heteroatoms. The van der Waals surface area contributed by atoms with Crippen molar-refractivity contribution in [2.45, 2.75) is 45.0 Å². The lowest BCUT2D eigenvalue weighted by Crippen LogP contribution is -2.30. The molecule has 0 spiro atoms. The molecule has 0 radical (unpaired) electrons. The van der Waals surface area contributed by atoms with Crippen LogP contribution in [0.4, 0.5) is 0 Å². The van der Waals surface area contributed by atoms with E-state index < -0.39 is 5.79 Å². The summed E-state index contributed by atoms with van der Waals surface area (Å²) in [5.41, 5.74) is 6.37. The quantitative estimate of drug-likeness (QED) is 0.378. The number of ether oxygens (including phenoxy) is 3. The number of H-pyrrole nitrogens is 1. The van der Waals surface area contributed by atoms with Gasteiger partial charge >= 0.3 is 0 Å². The summed E-state index contributed by atoms with van der Waals surface area (Å²) in [6.07, 6.45) is -0.113. The van der Waals surface area contributed by atoms with Crippen molar-refractivity contribution in [3.8, 4) is 16.9 Å². The Morgan fingerprint density at radius 2 is 1.94 bits per heavy atom. The summed E-state index contributed by atoms with van der Waals surface area (Å²) >= 11 is 1.68. The minimum Gasteiger partial charge on any atom is -0.491 e. The van der Waals surface area contributed by atoms with Gasteiger partial charge in [-0.2, -0.15) is 11.3 Å². The zero-order chi connectivity index (χ0) is 23.7. The van der Waals surface area contributed by atoms with Gasteiger partial charge in [-0.3, -0.25) is 4.79 Å². The first-order valence-corrected chi connectivity index (χ1v) is 12.5. The fourth-order valence-electron chi connectivity index (χ4n) is 5.14. The molecule has 34 heavy (non-hydrogen) atoms. The van der Waals surface area contributed by atoms with Gasteiger partial charge in [0.05, 0.1) is 12.2 Å². The molecule has 4 aromatic rings. The molecule has 1 fully saturated rings. The number of aromatic amines is 1. The lowest BCUT2D eigenvalue weighted by Gasteiger charge is -2.32. The highest BCUT2D eigenvalue weighted by molar-refractivity contribution is 7.08. The number of nitrogens with one attached hydrogen (secondary N) is 1. The predicted octanol–water partition coefficient (Wildman–Crippen LogP) is 6.30. The fourth-order valence-corrected chi connectivity index (χ4v) is 5.81. The summed E-state index contributed by atoms with van der Waals surface area (Å²) in [5.74, 6) is 0.208. The van der Waals surface area contributed by atoms with E-state index in [1.165, 1.54) is 5.56 Å². The van der Waals surface area contributed by atoms with Crippen molar-refractivity contribution >= 4 is 28.0 Å². The smallest absolute Gasteiger partial charge is 0.195 e. The van der Waals surface area contributed by atoms with Gasteiger partial charge in [0.1, 0.15) is 18.5 Å². The first kappa shape index (κ1) is 21.6. The molecule has 1 unspecified atom stereocenters. The number of carbonyl (C=O) groups excluding carboxylic acids is 1. The van der Waals surface area contributed by atoms with E-state index in [2.05, 4.69) is 53.9 Å². The number of hydrogen-bond acceptors (Lipinski definition) is 5. The van der Waals surface area contributed by atoms with Crippen LogP contribution >= 0.6 is 11.3 Å². The Bertz CT molecular complexity index is 1410. The van der Waals surface area contributed by atoms with E-state index in [4.69, 9.17) is 14.2 Å². The van der Waals surface area contributed by atoms with Gasteiger partial charge < -0.3 is 19.2 Å². The van der Waals surface area contributed by atoms with Crippen LogP contribution in [0.1, 0.15) is 54.9 Å². The SMILES string of the molecule is CC1(C)OCC(COc2ccc3c(c2)C(C)(C)c2[nH]c4cc(-c5ccsc5)ccc4c2C3=O)O1. The van der Waals surface area contributed by atoms with Crippen LogP contribution in [0.15, 0.2) is 53.2 Å². The monoisotopic (exact) mass is 473 g/mol. The van der Waals surface area contributed by atoms with Crippen molar-refractivity contribution < 1.29 is 19.0 Å². The first-order chi connectivity index (χ1) is 16.2. The molecule has 0 saturated carbocycles. The Morgan fingerprint density at radius 1 is 1.09 bits per heavy atom. The van der Waals surface area contributed by atoms with Crippen molar-refractivity contribution in [1.82, 2.24) is 4.98 Å². The number of thiophene rings is 1. The maximum absolute atomic E-state index is 13.6. The van der Waals surface area contributed by atoms with Crippen LogP contribution in [0.2, 0.25) is 0 Å². The van der Waals surface area contributed by atoms with Gasteiger partial charge in [0.2, 0.25) is 0 Å². The molecule has 2 aromatic heterocycles. The molecule has 5 nitrogen and oxygen atoms in total. The van der Waals surface area contributed by atoms with Crippen LogP contribution < -0.4 is 4.74 Å². The second-order valence-electron chi connectivity index (χ2n) is 10.1. The molecule has 2 aliphatic rings. The molecule has 0 amide bonds. The Kier molecular flexibility index (Phi) is 4.79. The second-order valence-corrected chi connectivity index (χ2v) is 10.9. The molecule has 1 N–H and O–H groups in total. The van der Waals surface area contributed by atoms with E-state index >= 15 is 0 Å². The predicted molar refractivity (Wildman–Crippen MR) is 134 cm³/mol. The van der Waals surface area contributed by atoms with E-state index in [1.807, 2.05) is 32.0 Å². The number of carbonyl (C=O) groups is 1. The number of benzene rings is 2. The number of rotatable bonds is 4. The number of aromatic nitrogens is 1. The number of fused-ring (bicyclic) bond motifs is 4. The van der Waals surface area contributed by atoms with Crippen molar-refractivity contribution in [3.63, 3.8) is 0 Å². The zero-order valence-electron chi connectivity index (χ0n) is 19.7. The highest BCUT2D eigenvalue weighted by atomic mass is 32.1. The molecule has 1 saturated heterocycles. The highest BCUT2D eigenvalue weighted by Crippen LogP contribution is 2.45. The Balaban J connectivity index is 1.35. The van der Waals surface area contributed by atoms with Gasteiger partial charge in [-0.25, -0.2) is 0 Å². The number of hydrogen-bond donors (Lipinski definition) is 1. The van der Waals surface area contributed by atoms with Crippen LogP contribution in [0.3, 0.4) is 0 Å². The maximum Gasteiger partial charge on any atom is 0.195 e. The Morgan fingerprint density at radius 3 is 2.68 bits per heavy atom. The van der Waals surface area contributed by atoms with E-state index in [0.29, 0.717) is 13.2 Å².